The fourth-order valence-corrected chi connectivity index (χ4v) is 2.35. The lowest BCUT2D eigenvalue weighted by molar-refractivity contribution is -0.385. The molecule has 0 unspecified atom stereocenters. The van der Waals surface area contributed by atoms with Crippen LogP contribution in [0, 0.1) is 24.0 Å². The first kappa shape index (κ1) is 15.6. The molecule has 0 aliphatic rings. The van der Waals surface area contributed by atoms with E-state index < -0.39 is 4.92 Å². The number of hydrogen-bond donors (Lipinski definition) is 0. The van der Waals surface area contributed by atoms with Crippen molar-refractivity contribution in [3.63, 3.8) is 0 Å². The monoisotopic (exact) mass is 325 g/mol. The van der Waals surface area contributed by atoms with Crippen LogP contribution < -0.4 is 4.74 Å². The van der Waals surface area contributed by atoms with E-state index >= 15 is 0 Å². The van der Waals surface area contributed by atoms with Crippen molar-refractivity contribution < 1.29 is 9.66 Å². The summed E-state index contributed by atoms with van der Waals surface area (Å²) in [7, 11) is 0. The molecular formula is C15H13Cl2NO3. The second-order valence-electron chi connectivity index (χ2n) is 4.65. The molecule has 0 saturated heterocycles. The van der Waals surface area contributed by atoms with Crippen LogP contribution in [-0.2, 0) is 6.61 Å². The summed E-state index contributed by atoms with van der Waals surface area (Å²) in [4.78, 5) is 10.5. The Bertz CT molecular complexity index is 702. The minimum absolute atomic E-state index is 0.0101. The van der Waals surface area contributed by atoms with Crippen LogP contribution in [0.1, 0.15) is 16.7 Å². The van der Waals surface area contributed by atoms with Gasteiger partial charge in [-0.25, -0.2) is 0 Å². The molecule has 110 valence electrons. The maximum Gasteiger partial charge on any atom is 0.277 e. The zero-order valence-corrected chi connectivity index (χ0v) is 13.0. The average molecular weight is 326 g/mol. The quantitative estimate of drug-likeness (QED) is 0.580. The maximum absolute atomic E-state index is 11.0. The van der Waals surface area contributed by atoms with E-state index in [1.54, 1.807) is 12.1 Å². The van der Waals surface area contributed by atoms with Gasteiger partial charge in [0.25, 0.3) is 5.69 Å². The van der Waals surface area contributed by atoms with Gasteiger partial charge in [-0.2, -0.15) is 0 Å². The fourth-order valence-electron chi connectivity index (χ4n) is 1.97. The average Bonchev–Trinajstić information content (AvgIpc) is 2.42. The van der Waals surface area contributed by atoms with E-state index in [1.165, 1.54) is 12.1 Å². The van der Waals surface area contributed by atoms with E-state index in [0.29, 0.717) is 21.4 Å². The number of nitro benzene ring substituents is 1. The summed E-state index contributed by atoms with van der Waals surface area (Å²) >= 11 is 12.1. The summed E-state index contributed by atoms with van der Waals surface area (Å²) < 4.78 is 5.66. The summed E-state index contributed by atoms with van der Waals surface area (Å²) in [6.07, 6.45) is 0. The molecule has 4 nitrogen and oxygen atoms in total. The van der Waals surface area contributed by atoms with Gasteiger partial charge in [-0.05, 0) is 37.1 Å². The van der Waals surface area contributed by atoms with E-state index in [1.807, 2.05) is 19.9 Å². The van der Waals surface area contributed by atoms with Crippen LogP contribution in [0.3, 0.4) is 0 Å². The predicted octanol–water partition coefficient (Wildman–Crippen LogP) is 5.10. The lowest BCUT2D eigenvalue weighted by Gasteiger charge is -2.12. The summed E-state index contributed by atoms with van der Waals surface area (Å²) in [6, 6.07) is 8.15. The molecule has 0 bridgehead atoms. The second kappa shape index (κ2) is 6.33. The number of benzene rings is 2. The first-order chi connectivity index (χ1) is 9.90. The molecule has 0 fully saturated rings. The van der Waals surface area contributed by atoms with Crippen molar-refractivity contribution in [1.82, 2.24) is 0 Å². The predicted molar refractivity (Wildman–Crippen MR) is 83.4 cm³/mol. The molecule has 0 aromatic heterocycles. The highest BCUT2D eigenvalue weighted by Gasteiger charge is 2.17. The van der Waals surface area contributed by atoms with Gasteiger partial charge in [0.2, 0.25) is 0 Å². The highest BCUT2D eigenvalue weighted by atomic mass is 35.5. The highest BCUT2D eigenvalue weighted by Crippen LogP contribution is 2.30. The molecule has 0 aliphatic heterocycles. The van der Waals surface area contributed by atoms with Gasteiger partial charge in [-0.1, -0.05) is 35.3 Å². The van der Waals surface area contributed by atoms with Gasteiger partial charge in [0.1, 0.15) is 12.4 Å². The van der Waals surface area contributed by atoms with Crippen molar-refractivity contribution >= 4 is 28.9 Å². The van der Waals surface area contributed by atoms with E-state index in [0.717, 1.165) is 11.1 Å². The molecule has 2 aromatic rings. The van der Waals surface area contributed by atoms with Crippen LogP contribution in [0.5, 0.6) is 5.75 Å². The molecule has 0 atom stereocenters. The minimum atomic E-state index is -0.473. The third-order valence-electron chi connectivity index (χ3n) is 3.12. The molecule has 0 aliphatic carbocycles. The van der Waals surface area contributed by atoms with Crippen LogP contribution in [0.4, 0.5) is 5.69 Å². The van der Waals surface area contributed by atoms with Crippen molar-refractivity contribution in [2.75, 3.05) is 0 Å². The Labute approximate surface area is 132 Å². The van der Waals surface area contributed by atoms with Gasteiger partial charge in [0.05, 0.1) is 15.5 Å². The van der Waals surface area contributed by atoms with Crippen LogP contribution in [-0.4, -0.2) is 4.92 Å². The van der Waals surface area contributed by atoms with E-state index in [9.17, 15) is 10.1 Å². The number of rotatable bonds is 4. The van der Waals surface area contributed by atoms with Crippen molar-refractivity contribution in [1.29, 1.82) is 0 Å². The molecule has 21 heavy (non-hydrogen) atoms. The number of halogens is 2. The molecule has 2 rings (SSSR count). The zero-order chi connectivity index (χ0) is 15.6. The first-order valence-corrected chi connectivity index (χ1v) is 6.97. The fraction of sp³-hybridized carbons (Fsp3) is 0.200. The van der Waals surface area contributed by atoms with Crippen molar-refractivity contribution in [3.8, 4) is 5.75 Å². The number of ether oxygens (including phenoxy) is 1. The summed E-state index contributed by atoms with van der Waals surface area (Å²) in [5.74, 6) is 0.583. The van der Waals surface area contributed by atoms with Gasteiger partial charge in [-0.3, -0.25) is 10.1 Å². The molecule has 0 amide bonds. The van der Waals surface area contributed by atoms with E-state index in [2.05, 4.69) is 0 Å². The molecular weight excluding hydrogens is 313 g/mol. The Balaban J connectivity index is 2.29. The lowest BCUT2D eigenvalue weighted by Crippen LogP contribution is -2.02. The number of hydrogen-bond acceptors (Lipinski definition) is 3. The molecule has 0 N–H and O–H groups in total. The third-order valence-corrected chi connectivity index (χ3v) is 3.88. The number of nitrogens with zero attached hydrogens (tertiary/aromatic N) is 1. The zero-order valence-electron chi connectivity index (χ0n) is 11.5. The third kappa shape index (κ3) is 3.46. The summed E-state index contributed by atoms with van der Waals surface area (Å²) in [6.45, 7) is 3.80. The Kier molecular flexibility index (Phi) is 4.70. The Morgan fingerprint density at radius 2 is 1.86 bits per heavy atom. The smallest absolute Gasteiger partial charge is 0.277 e. The standard InChI is InChI=1S/C15H13Cl2NO3/c1-9-6-10(2)15(7-13(9)17)21-8-11-12(16)4-3-5-14(11)18(19)20/h3-7H,8H2,1-2H3. The molecule has 2 aromatic carbocycles. The van der Waals surface area contributed by atoms with Crippen LogP contribution in [0.15, 0.2) is 30.3 Å². The maximum atomic E-state index is 11.0. The topological polar surface area (TPSA) is 52.4 Å². The first-order valence-electron chi connectivity index (χ1n) is 6.21. The van der Waals surface area contributed by atoms with Crippen LogP contribution in [0.25, 0.3) is 0 Å². The highest BCUT2D eigenvalue weighted by molar-refractivity contribution is 6.31. The second-order valence-corrected chi connectivity index (χ2v) is 5.46. The van der Waals surface area contributed by atoms with Gasteiger partial charge in [-0.15, -0.1) is 0 Å². The SMILES string of the molecule is Cc1cc(C)c(OCc2c(Cl)cccc2[N+](=O)[O-])cc1Cl. The molecule has 0 spiro atoms. The Morgan fingerprint density at radius 3 is 2.52 bits per heavy atom. The molecule has 0 heterocycles. The van der Waals surface area contributed by atoms with E-state index in [-0.39, 0.29) is 12.3 Å². The normalized spacial score (nSPS) is 10.5. The van der Waals surface area contributed by atoms with Crippen LogP contribution in [0.2, 0.25) is 10.0 Å². The van der Waals surface area contributed by atoms with Crippen molar-refractivity contribution in [2.24, 2.45) is 0 Å². The summed E-state index contributed by atoms with van der Waals surface area (Å²) in [5.41, 5.74) is 2.15. The van der Waals surface area contributed by atoms with Gasteiger partial charge < -0.3 is 4.74 Å². The lowest BCUT2D eigenvalue weighted by atomic mass is 10.1. The number of aryl methyl sites for hydroxylation is 2. The van der Waals surface area contributed by atoms with Crippen molar-refractivity contribution in [3.05, 3.63) is 67.2 Å². The van der Waals surface area contributed by atoms with Crippen LogP contribution >= 0.6 is 23.2 Å². The van der Waals surface area contributed by atoms with E-state index in [4.69, 9.17) is 27.9 Å². The number of nitro groups is 1. The minimum Gasteiger partial charge on any atom is -0.488 e. The Hall–Kier alpha value is -1.78. The van der Waals surface area contributed by atoms with Gasteiger partial charge >= 0.3 is 0 Å². The molecule has 0 radical (unpaired) electrons. The summed E-state index contributed by atoms with van der Waals surface area (Å²) in [5, 5.41) is 11.9. The van der Waals surface area contributed by atoms with Gasteiger partial charge in [0, 0.05) is 11.1 Å². The largest absolute Gasteiger partial charge is 0.488 e. The molecule has 6 heteroatoms. The van der Waals surface area contributed by atoms with Gasteiger partial charge in [0.15, 0.2) is 0 Å². The van der Waals surface area contributed by atoms with Crippen molar-refractivity contribution in [2.45, 2.75) is 20.5 Å². The molecule has 0 saturated carbocycles. The Morgan fingerprint density at radius 1 is 1.14 bits per heavy atom.